The molecule has 0 aliphatic carbocycles. The van der Waals surface area contributed by atoms with Gasteiger partial charge in [-0.25, -0.2) is 14.8 Å². The lowest BCUT2D eigenvalue weighted by Crippen LogP contribution is -2.76. The van der Waals surface area contributed by atoms with Crippen LogP contribution in [0.1, 0.15) is 50.2 Å². The highest BCUT2D eigenvalue weighted by molar-refractivity contribution is 5.91. The summed E-state index contributed by atoms with van der Waals surface area (Å²) in [7, 11) is 1.76. The fourth-order valence-corrected chi connectivity index (χ4v) is 5.22. The summed E-state index contributed by atoms with van der Waals surface area (Å²) in [6, 6.07) is 19.0. The second-order valence-corrected chi connectivity index (χ2v) is 9.80. The highest BCUT2D eigenvalue weighted by Crippen LogP contribution is 2.29. The van der Waals surface area contributed by atoms with Crippen LogP contribution in [0, 0.1) is 0 Å². The Kier molecular flexibility index (Phi) is 8.25. The average molecular weight is 492 g/mol. The average Bonchev–Trinajstić information content (AvgIpc) is 2.88. The number of amides is 4. The molecule has 0 spiro atoms. The van der Waals surface area contributed by atoms with Gasteiger partial charge in [-0.1, -0.05) is 87.4 Å². The van der Waals surface area contributed by atoms with Crippen molar-refractivity contribution >= 4 is 17.8 Å². The van der Waals surface area contributed by atoms with Crippen LogP contribution in [-0.4, -0.2) is 76.6 Å². The summed E-state index contributed by atoms with van der Waals surface area (Å²) < 4.78 is 0. The summed E-state index contributed by atoms with van der Waals surface area (Å²) in [5, 5.41) is 6.30. The molecule has 8 nitrogen and oxygen atoms in total. The van der Waals surface area contributed by atoms with Gasteiger partial charge in [-0.15, -0.1) is 0 Å². The van der Waals surface area contributed by atoms with E-state index in [9.17, 15) is 14.4 Å². The molecule has 4 amide bonds. The van der Waals surface area contributed by atoms with Crippen LogP contribution in [0.3, 0.4) is 0 Å². The third-order valence-electron chi connectivity index (χ3n) is 7.13. The molecule has 2 aliphatic rings. The fraction of sp³-hybridized carbons (Fsp3) is 0.464. The van der Waals surface area contributed by atoms with Crippen molar-refractivity contribution in [3.05, 3.63) is 71.8 Å². The molecule has 0 bridgehead atoms. The van der Waals surface area contributed by atoms with Crippen molar-refractivity contribution in [3.63, 3.8) is 0 Å². The number of likely N-dealkylation sites (N-methyl/N-ethyl adjacent to an activating group) is 1. The first kappa shape index (κ1) is 25.7. The summed E-state index contributed by atoms with van der Waals surface area (Å²) in [4.78, 5) is 43.8. The Morgan fingerprint density at radius 1 is 1.06 bits per heavy atom. The van der Waals surface area contributed by atoms with Crippen LogP contribution < -0.4 is 5.32 Å². The number of nitrogens with zero attached hydrogens (tertiary/aromatic N) is 4. The summed E-state index contributed by atoms with van der Waals surface area (Å²) in [5.74, 6) is -0.00393. The number of urea groups is 1. The molecular weight excluding hydrogens is 454 g/mol. The van der Waals surface area contributed by atoms with Gasteiger partial charge in [0.2, 0.25) is 11.8 Å². The van der Waals surface area contributed by atoms with Gasteiger partial charge < -0.3 is 15.1 Å². The summed E-state index contributed by atoms with van der Waals surface area (Å²) in [5.41, 5.74) is 2.16. The molecule has 4 rings (SSSR count). The molecule has 1 N–H and O–H groups in total. The minimum absolute atomic E-state index is 0.0231. The third-order valence-corrected chi connectivity index (χ3v) is 7.13. The third kappa shape index (κ3) is 5.54. The molecular formula is C28H37N5O3. The van der Waals surface area contributed by atoms with E-state index < -0.39 is 12.2 Å². The van der Waals surface area contributed by atoms with Crippen molar-refractivity contribution in [2.75, 3.05) is 26.7 Å². The molecule has 192 valence electrons. The van der Waals surface area contributed by atoms with E-state index in [4.69, 9.17) is 0 Å². The van der Waals surface area contributed by atoms with Crippen molar-refractivity contribution in [2.45, 2.75) is 57.8 Å². The highest BCUT2D eigenvalue weighted by atomic mass is 16.2. The normalized spacial score (nSPS) is 21.4. The van der Waals surface area contributed by atoms with Gasteiger partial charge in [-0.05, 0) is 23.5 Å². The Labute approximate surface area is 213 Å². The Balaban J connectivity index is 1.58. The van der Waals surface area contributed by atoms with Crippen molar-refractivity contribution in [2.24, 2.45) is 0 Å². The van der Waals surface area contributed by atoms with E-state index in [1.807, 2.05) is 53.4 Å². The largest absolute Gasteiger partial charge is 0.336 e. The molecule has 36 heavy (non-hydrogen) atoms. The lowest BCUT2D eigenvalue weighted by molar-refractivity contribution is -0.187. The number of fused-ring (bicyclic) bond motifs is 1. The predicted octanol–water partition coefficient (Wildman–Crippen LogP) is 3.42. The molecule has 0 aromatic heterocycles. The first-order valence-electron chi connectivity index (χ1n) is 12.9. The molecule has 2 saturated heterocycles. The first-order chi connectivity index (χ1) is 17.4. The van der Waals surface area contributed by atoms with Crippen LogP contribution in [0.2, 0.25) is 0 Å². The van der Waals surface area contributed by atoms with Gasteiger partial charge in [0.15, 0.2) is 0 Å². The minimum atomic E-state index is -0.558. The van der Waals surface area contributed by atoms with Gasteiger partial charge in [0.1, 0.15) is 12.2 Å². The molecule has 2 aromatic rings. The molecule has 1 unspecified atom stereocenters. The number of carbonyl (C=O) groups excluding carboxylic acids is 3. The summed E-state index contributed by atoms with van der Waals surface area (Å²) in [6.07, 6.45) is 1.81. The number of benzene rings is 2. The highest BCUT2D eigenvalue weighted by Gasteiger charge is 2.50. The van der Waals surface area contributed by atoms with Crippen molar-refractivity contribution in [1.82, 2.24) is 25.1 Å². The second-order valence-electron chi connectivity index (χ2n) is 9.80. The zero-order valence-electron chi connectivity index (χ0n) is 21.5. The van der Waals surface area contributed by atoms with E-state index in [1.165, 1.54) is 0 Å². The van der Waals surface area contributed by atoms with Gasteiger partial charge in [-0.2, -0.15) is 0 Å². The smallest absolute Gasteiger partial charge is 0.334 e. The Hall–Kier alpha value is -3.39. The number of carbonyl (C=O) groups is 3. The van der Waals surface area contributed by atoms with E-state index in [2.05, 4.69) is 31.3 Å². The van der Waals surface area contributed by atoms with Crippen LogP contribution in [-0.2, 0) is 16.1 Å². The van der Waals surface area contributed by atoms with E-state index >= 15 is 0 Å². The zero-order chi connectivity index (χ0) is 25.7. The van der Waals surface area contributed by atoms with Crippen LogP contribution >= 0.6 is 0 Å². The van der Waals surface area contributed by atoms with Gasteiger partial charge >= 0.3 is 6.03 Å². The van der Waals surface area contributed by atoms with E-state index in [0.29, 0.717) is 19.5 Å². The molecule has 0 saturated carbocycles. The number of hydrazine groups is 1. The molecule has 2 fully saturated rings. The van der Waals surface area contributed by atoms with E-state index in [0.717, 1.165) is 24.0 Å². The van der Waals surface area contributed by atoms with Crippen LogP contribution in [0.25, 0.3) is 0 Å². The monoisotopic (exact) mass is 491 g/mol. The SMILES string of the molecule is CCCC[C@H]1C(=O)N(CC(C)c2ccccc2)C[C@H]2N1C(=O)CN(C)N2C(=O)NCc1ccccc1. The lowest BCUT2D eigenvalue weighted by atomic mass is 9.97. The summed E-state index contributed by atoms with van der Waals surface area (Å²) in [6.45, 7) is 5.46. The van der Waals surface area contributed by atoms with Crippen LogP contribution in [0.5, 0.6) is 0 Å². The van der Waals surface area contributed by atoms with Crippen molar-refractivity contribution in [1.29, 1.82) is 0 Å². The van der Waals surface area contributed by atoms with Gasteiger partial charge in [-0.3, -0.25) is 9.59 Å². The second kappa shape index (κ2) is 11.6. The maximum atomic E-state index is 13.7. The molecule has 8 heteroatoms. The van der Waals surface area contributed by atoms with Crippen molar-refractivity contribution < 1.29 is 14.4 Å². The van der Waals surface area contributed by atoms with Gasteiger partial charge in [0.05, 0.1) is 13.1 Å². The lowest BCUT2D eigenvalue weighted by Gasteiger charge is -2.54. The van der Waals surface area contributed by atoms with Crippen LogP contribution in [0.4, 0.5) is 4.79 Å². The Morgan fingerprint density at radius 3 is 2.39 bits per heavy atom. The number of unbranched alkanes of at least 4 members (excludes halogenated alkanes) is 1. The van der Waals surface area contributed by atoms with E-state index in [1.54, 1.807) is 22.0 Å². The van der Waals surface area contributed by atoms with Gasteiger partial charge in [0.25, 0.3) is 0 Å². The molecule has 3 atom stereocenters. The topological polar surface area (TPSA) is 76.2 Å². The number of piperazine rings is 1. The maximum absolute atomic E-state index is 13.7. The van der Waals surface area contributed by atoms with Gasteiger partial charge in [0, 0.05) is 20.1 Å². The Morgan fingerprint density at radius 2 is 1.72 bits per heavy atom. The minimum Gasteiger partial charge on any atom is -0.336 e. The Bertz CT molecular complexity index is 1050. The fourth-order valence-electron chi connectivity index (χ4n) is 5.22. The van der Waals surface area contributed by atoms with E-state index in [-0.39, 0.29) is 36.9 Å². The molecule has 0 radical (unpaired) electrons. The standard InChI is InChI=1S/C28H37N5O3/c1-4-5-16-24-27(35)31(18-21(2)23-14-10-7-11-15-23)19-25-32(24)26(34)20-30(3)33(25)28(36)29-17-22-12-8-6-9-13-22/h6-15,21,24-25H,4-5,16-20H2,1-3H3,(H,29,36)/t21?,24-,25-/m0/s1. The molecule has 2 heterocycles. The molecule has 2 aliphatic heterocycles. The number of nitrogens with one attached hydrogen (secondary N) is 1. The quantitative estimate of drug-likeness (QED) is 0.614. The number of hydrogen-bond acceptors (Lipinski definition) is 4. The maximum Gasteiger partial charge on any atom is 0.334 e. The number of rotatable bonds is 8. The van der Waals surface area contributed by atoms with Crippen molar-refractivity contribution in [3.8, 4) is 0 Å². The summed E-state index contributed by atoms with van der Waals surface area (Å²) >= 11 is 0. The zero-order valence-corrected chi connectivity index (χ0v) is 21.5. The first-order valence-corrected chi connectivity index (χ1v) is 12.9. The van der Waals surface area contributed by atoms with Crippen LogP contribution in [0.15, 0.2) is 60.7 Å². The molecule has 2 aromatic carbocycles. The number of hydrogen-bond donors (Lipinski definition) is 1. The predicted molar refractivity (Wildman–Crippen MR) is 139 cm³/mol.